The van der Waals surface area contributed by atoms with E-state index in [0.717, 1.165) is 11.3 Å². The van der Waals surface area contributed by atoms with E-state index in [0.29, 0.717) is 13.0 Å². The molecular weight excluding hydrogens is 177 g/mol. The second-order valence-electron chi connectivity index (χ2n) is 2.96. The Morgan fingerprint density at radius 3 is 2.71 bits per heavy atom. The Bertz CT molecular complexity index is 331. The molecule has 2 heteroatoms. The maximum atomic E-state index is 12.9. The molecule has 0 atom stereocenters. The van der Waals surface area contributed by atoms with Gasteiger partial charge in [0.05, 0.1) is 0 Å². The molecule has 1 rings (SSSR count). The molecular formula is C12H14FN. The molecule has 14 heavy (non-hydrogen) atoms. The number of nitrogens with one attached hydrogen (secondary N) is 1. The van der Waals surface area contributed by atoms with Crippen molar-refractivity contribution in [1.29, 1.82) is 0 Å². The lowest BCUT2D eigenvalue weighted by molar-refractivity contribution is 0.626. The largest absolute Gasteiger partial charge is 0.381 e. The van der Waals surface area contributed by atoms with Crippen LogP contribution in [-0.2, 0) is 6.42 Å². The molecule has 0 radical (unpaired) electrons. The molecule has 0 unspecified atom stereocenters. The first kappa shape index (κ1) is 10.5. The summed E-state index contributed by atoms with van der Waals surface area (Å²) in [5, 5.41) is 3.14. The molecule has 0 saturated heterocycles. The highest BCUT2D eigenvalue weighted by Gasteiger charge is 2.01. The highest BCUT2D eigenvalue weighted by molar-refractivity contribution is 5.52. The third-order valence-corrected chi connectivity index (χ3v) is 1.87. The number of allylic oxidation sites excluding steroid dienone is 1. The summed E-state index contributed by atoms with van der Waals surface area (Å²) in [6.07, 6.45) is 4.19. The first-order chi connectivity index (χ1) is 6.77. The van der Waals surface area contributed by atoms with Crippen molar-refractivity contribution in [3.8, 4) is 0 Å². The van der Waals surface area contributed by atoms with Crippen LogP contribution in [-0.4, -0.2) is 6.54 Å². The number of anilines is 1. The molecule has 1 aromatic carbocycles. The quantitative estimate of drug-likeness (QED) is 0.705. The number of halogens is 1. The smallest absolute Gasteiger partial charge is 0.123 e. The average molecular weight is 191 g/mol. The summed E-state index contributed by atoms with van der Waals surface area (Å²) in [5.41, 5.74) is 1.85. The molecule has 0 bridgehead atoms. The van der Waals surface area contributed by atoms with Gasteiger partial charge in [0.15, 0.2) is 0 Å². The lowest BCUT2D eigenvalue weighted by Gasteiger charge is -2.09. The number of rotatable bonds is 5. The van der Waals surface area contributed by atoms with Crippen molar-refractivity contribution in [2.75, 3.05) is 11.9 Å². The van der Waals surface area contributed by atoms with Gasteiger partial charge < -0.3 is 5.32 Å². The summed E-state index contributed by atoms with van der Waals surface area (Å²) in [5.74, 6) is -0.217. The Hall–Kier alpha value is -1.57. The van der Waals surface area contributed by atoms with Crippen molar-refractivity contribution >= 4 is 5.69 Å². The summed E-state index contributed by atoms with van der Waals surface area (Å²) in [6.45, 7) is 7.93. The lowest BCUT2D eigenvalue weighted by atomic mass is 10.1. The van der Waals surface area contributed by atoms with Crippen molar-refractivity contribution in [1.82, 2.24) is 0 Å². The Labute approximate surface area is 84.0 Å². The Kier molecular flexibility index (Phi) is 3.92. The summed E-state index contributed by atoms with van der Waals surface area (Å²) in [6, 6.07) is 4.70. The van der Waals surface area contributed by atoms with Gasteiger partial charge in [0.2, 0.25) is 0 Å². The molecule has 0 fully saturated rings. The van der Waals surface area contributed by atoms with Gasteiger partial charge in [-0.2, -0.15) is 0 Å². The Balaban J connectivity index is 2.88. The van der Waals surface area contributed by atoms with Crippen molar-refractivity contribution in [3.05, 3.63) is 54.9 Å². The van der Waals surface area contributed by atoms with E-state index < -0.39 is 0 Å². The van der Waals surface area contributed by atoms with Crippen LogP contribution in [0.25, 0.3) is 0 Å². The van der Waals surface area contributed by atoms with Gasteiger partial charge in [-0.1, -0.05) is 12.2 Å². The summed E-state index contributed by atoms with van der Waals surface area (Å²) < 4.78 is 12.9. The van der Waals surface area contributed by atoms with E-state index in [2.05, 4.69) is 18.5 Å². The maximum Gasteiger partial charge on any atom is 0.123 e. The van der Waals surface area contributed by atoms with Gasteiger partial charge in [-0.25, -0.2) is 4.39 Å². The molecule has 0 aliphatic rings. The van der Waals surface area contributed by atoms with Gasteiger partial charge in [-0.3, -0.25) is 0 Å². The first-order valence-electron chi connectivity index (χ1n) is 4.52. The molecule has 1 N–H and O–H groups in total. The Morgan fingerprint density at radius 1 is 1.29 bits per heavy atom. The van der Waals surface area contributed by atoms with Gasteiger partial charge in [0.1, 0.15) is 5.82 Å². The predicted molar refractivity (Wildman–Crippen MR) is 59.0 cm³/mol. The third kappa shape index (κ3) is 2.73. The third-order valence-electron chi connectivity index (χ3n) is 1.87. The molecule has 1 nitrogen and oxygen atoms in total. The van der Waals surface area contributed by atoms with Gasteiger partial charge in [0.25, 0.3) is 0 Å². The molecule has 0 aliphatic heterocycles. The fourth-order valence-corrected chi connectivity index (χ4v) is 1.24. The molecule has 0 heterocycles. The summed E-state index contributed by atoms with van der Waals surface area (Å²) in [7, 11) is 0. The van der Waals surface area contributed by atoms with E-state index in [1.165, 1.54) is 12.1 Å². The molecule has 0 aliphatic carbocycles. The first-order valence-corrected chi connectivity index (χ1v) is 4.52. The zero-order chi connectivity index (χ0) is 10.4. The average Bonchev–Trinajstić information content (AvgIpc) is 2.17. The second kappa shape index (κ2) is 5.22. The molecule has 0 aromatic heterocycles. The van der Waals surface area contributed by atoms with Crippen LogP contribution >= 0.6 is 0 Å². The Morgan fingerprint density at radius 2 is 2.07 bits per heavy atom. The van der Waals surface area contributed by atoms with E-state index in [4.69, 9.17) is 0 Å². The van der Waals surface area contributed by atoms with Gasteiger partial charge in [0, 0.05) is 12.2 Å². The minimum atomic E-state index is -0.217. The number of hydrogen-bond acceptors (Lipinski definition) is 1. The topological polar surface area (TPSA) is 12.0 Å². The van der Waals surface area contributed by atoms with Crippen LogP contribution in [0.3, 0.4) is 0 Å². The van der Waals surface area contributed by atoms with Crippen LogP contribution in [0.15, 0.2) is 43.5 Å². The van der Waals surface area contributed by atoms with E-state index >= 15 is 0 Å². The van der Waals surface area contributed by atoms with Gasteiger partial charge in [-0.15, -0.1) is 13.2 Å². The van der Waals surface area contributed by atoms with Crippen LogP contribution in [0.1, 0.15) is 5.56 Å². The minimum absolute atomic E-state index is 0.217. The van der Waals surface area contributed by atoms with E-state index in [9.17, 15) is 4.39 Å². The van der Waals surface area contributed by atoms with Gasteiger partial charge >= 0.3 is 0 Å². The summed E-state index contributed by atoms with van der Waals surface area (Å²) >= 11 is 0. The lowest BCUT2D eigenvalue weighted by Crippen LogP contribution is -2.01. The monoisotopic (exact) mass is 191 g/mol. The van der Waals surface area contributed by atoms with Gasteiger partial charge in [-0.05, 0) is 30.2 Å². The van der Waals surface area contributed by atoms with Crippen molar-refractivity contribution < 1.29 is 4.39 Å². The molecule has 0 amide bonds. The van der Waals surface area contributed by atoms with Crippen LogP contribution in [0.4, 0.5) is 10.1 Å². The normalized spacial score (nSPS) is 9.50. The fraction of sp³-hybridized carbons (Fsp3) is 0.167. The highest BCUT2D eigenvalue weighted by Crippen LogP contribution is 2.17. The van der Waals surface area contributed by atoms with Crippen LogP contribution < -0.4 is 5.32 Å². The van der Waals surface area contributed by atoms with E-state index in [1.807, 2.05) is 0 Å². The highest BCUT2D eigenvalue weighted by atomic mass is 19.1. The van der Waals surface area contributed by atoms with Crippen molar-refractivity contribution in [2.45, 2.75) is 6.42 Å². The van der Waals surface area contributed by atoms with E-state index in [-0.39, 0.29) is 5.82 Å². The van der Waals surface area contributed by atoms with E-state index in [1.54, 1.807) is 18.2 Å². The zero-order valence-corrected chi connectivity index (χ0v) is 8.09. The molecule has 1 aromatic rings. The second-order valence-corrected chi connectivity index (χ2v) is 2.96. The molecule has 0 spiro atoms. The minimum Gasteiger partial charge on any atom is -0.381 e. The predicted octanol–water partition coefficient (Wildman–Crippen LogP) is 3.15. The maximum absolute atomic E-state index is 12.9. The standard InChI is InChI=1S/C12H14FN/c1-3-5-10-9-11(13)6-7-12(10)14-8-4-2/h3-4,6-7,9,14H,1-2,5,8H2. The summed E-state index contributed by atoms with van der Waals surface area (Å²) in [4.78, 5) is 0. The molecule has 0 saturated carbocycles. The SMILES string of the molecule is C=CCNc1ccc(F)cc1CC=C. The van der Waals surface area contributed by atoms with Crippen LogP contribution in [0.2, 0.25) is 0 Å². The fourth-order valence-electron chi connectivity index (χ4n) is 1.24. The molecule has 74 valence electrons. The van der Waals surface area contributed by atoms with Crippen molar-refractivity contribution in [2.24, 2.45) is 0 Å². The van der Waals surface area contributed by atoms with Crippen LogP contribution in [0, 0.1) is 5.82 Å². The number of hydrogen-bond donors (Lipinski definition) is 1. The zero-order valence-electron chi connectivity index (χ0n) is 8.09. The number of benzene rings is 1. The van der Waals surface area contributed by atoms with Crippen molar-refractivity contribution in [3.63, 3.8) is 0 Å². The van der Waals surface area contributed by atoms with Crippen LogP contribution in [0.5, 0.6) is 0 Å².